The molecule has 0 saturated carbocycles. The van der Waals surface area contributed by atoms with Gasteiger partial charge in [0.05, 0.1) is 4.90 Å². The number of benzene rings is 2. The lowest BCUT2D eigenvalue weighted by Crippen LogP contribution is -2.44. The molecule has 0 aliphatic carbocycles. The molecule has 0 N–H and O–H groups in total. The summed E-state index contributed by atoms with van der Waals surface area (Å²) in [5.74, 6) is 1.20. The summed E-state index contributed by atoms with van der Waals surface area (Å²) in [6, 6.07) is 17.5. The summed E-state index contributed by atoms with van der Waals surface area (Å²) in [6.45, 7) is 9.76. The fraction of sp³-hybridized carbons (Fsp3) is 0.548. The summed E-state index contributed by atoms with van der Waals surface area (Å²) >= 11 is 0. The van der Waals surface area contributed by atoms with Crippen molar-refractivity contribution in [1.29, 1.82) is 0 Å². The zero-order valence-electron chi connectivity index (χ0n) is 23.4. The number of rotatable bonds is 7. The van der Waals surface area contributed by atoms with E-state index < -0.39 is 9.84 Å². The number of hydrogen-bond acceptors (Lipinski definition) is 5. The molecule has 3 heterocycles. The molecule has 2 aromatic rings. The van der Waals surface area contributed by atoms with Crippen molar-refractivity contribution in [1.82, 2.24) is 14.7 Å². The van der Waals surface area contributed by atoms with Crippen LogP contribution in [0.1, 0.15) is 50.2 Å². The van der Waals surface area contributed by atoms with Gasteiger partial charge in [-0.3, -0.25) is 9.59 Å². The van der Waals surface area contributed by atoms with Gasteiger partial charge in [0.15, 0.2) is 9.84 Å². The third-order valence-electron chi connectivity index (χ3n) is 9.01. The number of amides is 2. The van der Waals surface area contributed by atoms with E-state index in [-0.39, 0.29) is 23.1 Å². The molecule has 0 bridgehead atoms. The van der Waals surface area contributed by atoms with Gasteiger partial charge in [-0.05, 0) is 60.5 Å². The molecule has 2 amide bonds. The third kappa shape index (κ3) is 6.22. The second-order valence-corrected chi connectivity index (χ2v) is 14.3. The van der Waals surface area contributed by atoms with Crippen LogP contribution in [0.3, 0.4) is 0 Å². The van der Waals surface area contributed by atoms with Crippen molar-refractivity contribution in [3.05, 3.63) is 65.7 Å². The van der Waals surface area contributed by atoms with E-state index in [1.807, 2.05) is 36.9 Å². The number of nitrogens with zero attached hydrogens (tertiary/aromatic N) is 3. The van der Waals surface area contributed by atoms with Crippen molar-refractivity contribution >= 4 is 21.7 Å². The van der Waals surface area contributed by atoms with Crippen molar-refractivity contribution in [2.45, 2.75) is 50.5 Å². The number of hydrogen-bond donors (Lipinski definition) is 0. The predicted octanol–water partition coefficient (Wildman–Crippen LogP) is 3.80. The Morgan fingerprint density at radius 3 is 2.28 bits per heavy atom. The molecule has 3 aliphatic rings. The number of likely N-dealkylation sites (tertiary alicyclic amines) is 3. The standard InChI is InChI=1S/C31H41N3O4S/c1-23(2)30(36)33-20-26(28(21-33)25-7-5-4-6-8-25)19-32-15-13-31(14-16-32)17-29(35)34(22-31)18-24-9-11-27(12-10-24)39(3,37)38/h4-12,23,26,28H,13-22H2,1-3H3/t26-,28?/m0/s1. The highest BCUT2D eigenvalue weighted by Gasteiger charge is 2.45. The van der Waals surface area contributed by atoms with Gasteiger partial charge < -0.3 is 14.7 Å². The highest BCUT2D eigenvalue weighted by Crippen LogP contribution is 2.42. The molecule has 39 heavy (non-hydrogen) atoms. The number of carbonyl (C=O) groups excluding carboxylic acids is 2. The Bertz CT molecular complexity index is 1280. The fourth-order valence-corrected chi connectivity index (χ4v) is 7.37. The number of sulfone groups is 1. The molecular formula is C31H41N3O4S. The van der Waals surface area contributed by atoms with E-state index in [0.29, 0.717) is 29.7 Å². The predicted molar refractivity (Wildman–Crippen MR) is 152 cm³/mol. The summed E-state index contributed by atoms with van der Waals surface area (Å²) < 4.78 is 23.5. The Labute approximate surface area is 233 Å². The molecule has 5 rings (SSSR count). The van der Waals surface area contributed by atoms with Gasteiger partial charge in [-0.1, -0.05) is 56.3 Å². The zero-order valence-corrected chi connectivity index (χ0v) is 24.2. The van der Waals surface area contributed by atoms with E-state index >= 15 is 0 Å². The second-order valence-electron chi connectivity index (χ2n) is 12.3. The average Bonchev–Trinajstić information content (AvgIpc) is 3.46. The van der Waals surface area contributed by atoms with Crippen molar-refractivity contribution in [3.63, 3.8) is 0 Å². The molecule has 3 saturated heterocycles. The van der Waals surface area contributed by atoms with Crippen LogP contribution < -0.4 is 0 Å². The normalized spacial score (nSPS) is 23.7. The van der Waals surface area contributed by atoms with E-state index in [1.165, 1.54) is 11.8 Å². The van der Waals surface area contributed by atoms with Crippen LogP contribution in [0.2, 0.25) is 0 Å². The first kappa shape index (κ1) is 27.8. The van der Waals surface area contributed by atoms with Crippen LogP contribution in [-0.4, -0.2) is 80.5 Å². The summed E-state index contributed by atoms with van der Waals surface area (Å²) in [4.78, 5) is 32.7. The lowest BCUT2D eigenvalue weighted by atomic mass is 9.77. The van der Waals surface area contributed by atoms with Gasteiger partial charge in [0.25, 0.3) is 0 Å². The minimum atomic E-state index is -3.23. The van der Waals surface area contributed by atoms with Crippen LogP contribution in [-0.2, 0) is 26.0 Å². The maximum absolute atomic E-state index is 13.0. The van der Waals surface area contributed by atoms with Gasteiger partial charge in [0, 0.05) is 57.2 Å². The van der Waals surface area contributed by atoms with Gasteiger partial charge in [-0.2, -0.15) is 0 Å². The average molecular weight is 552 g/mol. The van der Waals surface area contributed by atoms with Crippen LogP contribution >= 0.6 is 0 Å². The summed E-state index contributed by atoms with van der Waals surface area (Å²) in [5, 5.41) is 0. The van der Waals surface area contributed by atoms with E-state index in [2.05, 4.69) is 34.1 Å². The maximum atomic E-state index is 13.0. The molecule has 3 aliphatic heterocycles. The van der Waals surface area contributed by atoms with Gasteiger partial charge in [-0.15, -0.1) is 0 Å². The highest BCUT2D eigenvalue weighted by molar-refractivity contribution is 7.90. The Balaban J connectivity index is 1.19. The molecule has 2 atom stereocenters. The molecular weight excluding hydrogens is 510 g/mol. The van der Waals surface area contributed by atoms with Gasteiger partial charge in [0.2, 0.25) is 11.8 Å². The van der Waals surface area contributed by atoms with Crippen LogP contribution in [0, 0.1) is 17.3 Å². The smallest absolute Gasteiger partial charge is 0.225 e. The minimum Gasteiger partial charge on any atom is -0.342 e. The first-order chi connectivity index (χ1) is 18.5. The Morgan fingerprint density at radius 1 is 1.00 bits per heavy atom. The number of carbonyl (C=O) groups is 2. The molecule has 3 fully saturated rings. The molecule has 0 aromatic heterocycles. The number of piperidine rings is 1. The maximum Gasteiger partial charge on any atom is 0.225 e. The fourth-order valence-electron chi connectivity index (χ4n) is 6.74. The molecule has 210 valence electrons. The first-order valence-electron chi connectivity index (χ1n) is 14.2. The topological polar surface area (TPSA) is 78.0 Å². The van der Waals surface area contributed by atoms with Gasteiger partial charge >= 0.3 is 0 Å². The monoisotopic (exact) mass is 551 g/mol. The van der Waals surface area contributed by atoms with Crippen LogP contribution in [0.15, 0.2) is 59.5 Å². The summed E-state index contributed by atoms with van der Waals surface area (Å²) in [6.07, 6.45) is 3.80. The van der Waals surface area contributed by atoms with Crippen molar-refractivity contribution in [2.24, 2.45) is 17.3 Å². The summed E-state index contributed by atoms with van der Waals surface area (Å²) in [7, 11) is -3.23. The molecule has 0 radical (unpaired) electrons. The third-order valence-corrected chi connectivity index (χ3v) is 10.1. The lowest BCUT2D eigenvalue weighted by Gasteiger charge is -2.40. The van der Waals surface area contributed by atoms with Crippen LogP contribution in [0.4, 0.5) is 0 Å². The van der Waals surface area contributed by atoms with E-state index in [0.717, 1.165) is 57.7 Å². The molecule has 1 unspecified atom stereocenters. The molecule has 2 aromatic carbocycles. The van der Waals surface area contributed by atoms with Gasteiger partial charge in [0.1, 0.15) is 0 Å². The quantitative estimate of drug-likeness (QED) is 0.523. The van der Waals surface area contributed by atoms with Crippen molar-refractivity contribution in [3.8, 4) is 0 Å². The molecule has 8 heteroatoms. The van der Waals surface area contributed by atoms with Crippen molar-refractivity contribution < 1.29 is 18.0 Å². The highest BCUT2D eigenvalue weighted by atomic mass is 32.2. The largest absolute Gasteiger partial charge is 0.342 e. The molecule has 1 spiro atoms. The Kier molecular flexibility index (Phi) is 7.89. The Hall–Kier alpha value is -2.71. The van der Waals surface area contributed by atoms with E-state index in [9.17, 15) is 18.0 Å². The summed E-state index contributed by atoms with van der Waals surface area (Å²) in [5.41, 5.74) is 2.30. The van der Waals surface area contributed by atoms with Crippen molar-refractivity contribution in [2.75, 3.05) is 45.5 Å². The van der Waals surface area contributed by atoms with Crippen LogP contribution in [0.25, 0.3) is 0 Å². The SMILES string of the molecule is CC(C)C(=O)N1CC(c2ccccc2)[C@@H](CN2CCC3(CC2)CC(=O)N(Cc2ccc(S(C)(=O)=O)cc2)C3)C1. The minimum absolute atomic E-state index is 0.00971. The second kappa shape index (κ2) is 11.0. The molecule has 7 nitrogen and oxygen atoms in total. The van der Waals surface area contributed by atoms with Gasteiger partial charge in [-0.25, -0.2) is 8.42 Å². The Morgan fingerprint density at radius 2 is 1.67 bits per heavy atom. The zero-order chi connectivity index (χ0) is 27.8. The van der Waals surface area contributed by atoms with E-state index in [1.54, 1.807) is 12.1 Å². The van der Waals surface area contributed by atoms with Crippen LogP contribution in [0.5, 0.6) is 0 Å². The first-order valence-corrected chi connectivity index (χ1v) is 16.0. The van der Waals surface area contributed by atoms with E-state index in [4.69, 9.17) is 0 Å². The lowest BCUT2D eigenvalue weighted by molar-refractivity contribution is -0.133.